The Morgan fingerprint density at radius 2 is 1.61 bits per heavy atom. The summed E-state index contributed by atoms with van der Waals surface area (Å²) in [6.07, 6.45) is -0.311. The van der Waals surface area contributed by atoms with Crippen LogP contribution >= 0.6 is 0 Å². The van der Waals surface area contributed by atoms with Crippen molar-refractivity contribution in [3.63, 3.8) is 0 Å². The van der Waals surface area contributed by atoms with Crippen molar-refractivity contribution in [3.8, 4) is 0 Å². The van der Waals surface area contributed by atoms with Crippen molar-refractivity contribution in [2.75, 3.05) is 18.0 Å². The van der Waals surface area contributed by atoms with E-state index in [2.05, 4.69) is 4.90 Å². The number of carbonyl (C=O) groups excluding carboxylic acids is 1. The highest BCUT2D eigenvalue weighted by molar-refractivity contribution is 6.62. The van der Waals surface area contributed by atoms with Crippen LogP contribution in [-0.4, -0.2) is 60.1 Å². The third-order valence-electron chi connectivity index (χ3n) is 6.38. The number of anilines is 1. The van der Waals surface area contributed by atoms with Gasteiger partial charge in [0.1, 0.15) is 11.4 Å². The van der Waals surface area contributed by atoms with Gasteiger partial charge in [-0.3, -0.25) is 4.90 Å². The first-order valence-corrected chi connectivity index (χ1v) is 11.0. The minimum Gasteiger partial charge on any atom is -0.444 e. The Hall–Kier alpha value is -1.80. The average molecular weight is 434 g/mol. The Labute approximate surface area is 186 Å². The Morgan fingerprint density at radius 1 is 1.10 bits per heavy atom. The zero-order chi connectivity index (χ0) is 23.4. The topological polar surface area (TPSA) is 51.2 Å². The monoisotopic (exact) mass is 434 g/mol. The van der Waals surface area contributed by atoms with Gasteiger partial charge in [0.15, 0.2) is 0 Å². The lowest BCUT2D eigenvalue weighted by Crippen LogP contribution is -2.59. The number of hydrogen-bond acceptors (Lipinski definition) is 5. The van der Waals surface area contributed by atoms with Crippen molar-refractivity contribution in [3.05, 3.63) is 24.0 Å². The average Bonchev–Trinajstić information content (AvgIpc) is 2.79. The maximum Gasteiger partial charge on any atom is 0.497 e. The fourth-order valence-corrected chi connectivity index (χ4v) is 4.08. The van der Waals surface area contributed by atoms with Gasteiger partial charge in [-0.1, -0.05) is 6.07 Å². The number of rotatable bonds is 2. The summed E-state index contributed by atoms with van der Waals surface area (Å²) >= 11 is 0. The van der Waals surface area contributed by atoms with Gasteiger partial charge < -0.3 is 18.9 Å². The number of benzene rings is 1. The normalized spacial score (nSPS) is 25.7. The molecule has 0 N–H and O–H groups in total. The second kappa shape index (κ2) is 7.96. The molecule has 31 heavy (non-hydrogen) atoms. The number of nitrogens with zero attached hydrogens (tertiary/aromatic N) is 2. The van der Waals surface area contributed by atoms with Gasteiger partial charge in [0.2, 0.25) is 0 Å². The lowest BCUT2D eigenvalue weighted by Gasteiger charge is -2.45. The minimum absolute atomic E-state index is 0.0653. The molecule has 2 heterocycles. The Bertz CT molecular complexity index is 811. The molecular formula is C23H36BFN2O4. The van der Waals surface area contributed by atoms with E-state index in [1.165, 1.54) is 6.07 Å². The summed E-state index contributed by atoms with van der Waals surface area (Å²) in [7, 11) is -0.735. The molecule has 3 rings (SSSR count). The number of carbonyl (C=O) groups is 1. The van der Waals surface area contributed by atoms with Gasteiger partial charge in [0.05, 0.1) is 23.3 Å². The number of halogens is 1. The van der Waals surface area contributed by atoms with Gasteiger partial charge in [-0.25, -0.2) is 9.18 Å². The molecule has 2 fully saturated rings. The molecule has 0 radical (unpaired) electrons. The molecule has 1 amide bonds. The fraction of sp³-hybridized carbons (Fsp3) is 0.696. The fourth-order valence-electron chi connectivity index (χ4n) is 4.08. The van der Waals surface area contributed by atoms with E-state index in [0.29, 0.717) is 18.6 Å². The van der Waals surface area contributed by atoms with Crippen molar-refractivity contribution in [2.45, 2.75) is 91.2 Å². The van der Waals surface area contributed by atoms with E-state index in [1.54, 1.807) is 11.0 Å². The largest absolute Gasteiger partial charge is 0.497 e. The van der Waals surface area contributed by atoms with Crippen LogP contribution in [-0.2, 0) is 14.0 Å². The van der Waals surface area contributed by atoms with Crippen molar-refractivity contribution in [1.82, 2.24) is 4.90 Å². The molecule has 2 aliphatic heterocycles. The van der Waals surface area contributed by atoms with Crippen molar-refractivity contribution in [2.24, 2.45) is 0 Å². The summed E-state index contributed by atoms with van der Waals surface area (Å²) < 4.78 is 32.6. The number of ether oxygens (including phenoxy) is 1. The van der Waals surface area contributed by atoms with Crippen LogP contribution in [0.2, 0.25) is 0 Å². The molecule has 0 bridgehead atoms. The first-order chi connectivity index (χ1) is 14.1. The lowest BCUT2D eigenvalue weighted by atomic mass is 9.78. The highest BCUT2D eigenvalue weighted by atomic mass is 19.1. The summed E-state index contributed by atoms with van der Waals surface area (Å²) in [4.78, 5) is 16.5. The first-order valence-electron chi connectivity index (χ1n) is 11.0. The van der Waals surface area contributed by atoms with Gasteiger partial charge in [0.25, 0.3) is 0 Å². The van der Waals surface area contributed by atoms with E-state index >= 15 is 4.39 Å². The van der Waals surface area contributed by atoms with Crippen molar-refractivity contribution < 1.29 is 23.2 Å². The molecular weight excluding hydrogens is 398 g/mol. The van der Waals surface area contributed by atoms with Gasteiger partial charge in [-0.2, -0.15) is 0 Å². The number of piperazine rings is 1. The van der Waals surface area contributed by atoms with Crippen LogP contribution in [0.5, 0.6) is 0 Å². The second-order valence-electron chi connectivity index (χ2n) is 10.8. The molecule has 0 aliphatic carbocycles. The van der Waals surface area contributed by atoms with Crippen molar-refractivity contribution in [1.29, 1.82) is 0 Å². The Morgan fingerprint density at radius 3 is 2.06 bits per heavy atom. The van der Waals surface area contributed by atoms with Crippen LogP contribution in [0.3, 0.4) is 0 Å². The Kier molecular flexibility index (Phi) is 6.13. The van der Waals surface area contributed by atoms with Gasteiger partial charge in [0, 0.05) is 24.2 Å². The van der Waals surface area contributed by atoms with Crippen LogP contribution < -0.4 is 10.4 Å². The first kappa shape index (κ1) is 23.9. The zero-order valence-electron chi connectivity index (χ0n) is 20.3. The van der Waals surface area contributed by atoms with Crippen LogP contribution in [0.15, 0.2) is 18.2 Å². The molecule has 0 aromatic heterocycles. The predicted molar refractivity (Wildman–Crippen MR) is 121 cm³/mol. The quantitative estimate of drug-likeness (QED) is 0.660. The van der Waals surface area contributed by atoms with Gasteiger partial charge in [-0.05, 0) is 74.4 Å². The summed E-state index contributed by atoms with van der Waals surface area (Å²) in [6.45, 7) is 18.6. The van der Waals surface area contributed by atoms with Crippen LogP contribution in [0.4, 0.5) is 14.9 Å². The summed E-state index contributed by atoms with van der Waals surface area (Å²) in [6, 6.07) is 5.03. The Balaban J connectivity index is 1.74. The zero-order valence-corrected chi connectivity index (χ0v) is 20.3. The van der Waals surface area contributed by atoms with Crippen LogP contribution in [0.25, 0.3) is 0 Å². The molecule has 2 aliphatic rings. The highest BCUT2D eigenvalue weighted by Crippen LogP contribution is 2.37. The molecule has 1 aromatic carbocycles. The van der Waals surface area contributed by atoms with E-state index in [4.69, 9.17) is 14.0 Å². The highest BCUT2D eigenvalue weighted by Gasteiger charge is 2.52. The standard InChI is InChI=1S/C23H36BFN2O4/c1-15-13-26(14-16(2)27(15)20(28)29-21(3,4)5)17-10-11-18(19(25)12-17)24-30-22(6,7)23(8,9)31-24/h10-12,15-16H,13-14H2,1-9H3/t15-,16-/m1/s1. The molecule has 0 spiro atoms. The number of amides is 1. The van der Waals surface area contributed by atoms with E-state index in [-0.39, 0.29) is 24.0 Å². The second-order valence-corrected chi connectivity index (χ2v) is 10.8. The van der Waals surface area contributed by atoms with Gasteiger partial charge >= 0.3 is 13.2 Å². The lowest BCUT2D eigenvalue weighted by molar-refractivity contribution is 0.00565. The summed E-state index contributed by atoms with van der Waals surface area (Å²) in [5.41, 5.74) is -0.409. The maximum atomic E-state index is 15.1. The molecule has 172 valence electrons. The molecule has 2 atom stereocenters. The third kappa shape index (κ3) is 4.85. The summed E-state index contributed by atoms with van der Waals surface area (Å²) in [5.74, 6) is -0.356. The molecule has 0 saturated carbocycles. The number of hydrogen-bond donors (Lipinski definition) is 0. The van der Waals surface area contributed by atoms with E-state index < -0.39 is 23.9 Å². The molecule has 6 nitrogen and oxygen atoms in total. The maximum absolute atomic E-state index is 15.1. The van der Waals surface area contributed by atoms with Crippen LogP contribution in [0.1, 0.15) is 62.3 Å². The van der Waals surface area contributed by atoms with Crippen molar-refractivity contribution >= 4 is 24.4 Å². The van der Waals surface area contributed by atoms with Crippen LogP contribution in [0, 0.1) is 5.82 Å². The molecule has 0 unspecified atom stereocenters. The van der Waals surface area contributed by atoms with E-state index in [1.807, 2.05) is 68.4 Å². The third-order valence-corrected chi connectivity index (χ3v) is 6.38. The minimum atomic E-state index is -0.735. The SMILES string of the molecule is C[C@@H]1CN(c2ccc(B3OC(C)(C)C(C)(C)O3)c(F)c2)C[C@@H](C)N1C(=O)OC(C)(C)C. The van der Waals surface area contributed by atoms with E-state index in [0.717, 1.165) is 5.69 Å². The smallest absolute Gasteiger partial charge is 0.444 e. The summed E-state index contributed by atoms with van der Waals surface area (Å²) in [5, 5.41) is 0. The molecule has 2 saturated heterocycles. The predicted octanol–water partition coefficient (Wildman–Crippen LogP) is 3.96. The molecule has 8 heteroatoms. The van der Waals surface area contributed by atoms with E-state index in [9.17, 15) is 4.79 Å². The van der Waals surface area contributed by atoms with Gasteiger partial charge in [-0.15, -0.1) is 0 Å². The molecule has 1 aromatic rings.